The monoisotopic (exact) mass is 782 g/mol. The summed E-state index contributed by atoms with van der Waals surface area (Å²) in [4.78, 5) is 76.4. The molecule has 0 spiro atoms. The molecule has 0 aliphatic rings. The van der Waals surface area contributed by atoms with Crippen molar-refractivity contribution in [2.24, 2.45) is 0 Å². The van der Waals surface area contributed by atoms with Crippen LogP contribution in [-0.4, -0.2) is 127 Å². The summed E-state index contributed by atoms with van der Waals surface area (Å²) in [5.74, 6) is -1.05. The van der Waals surface area contributed by atoms with Crippen molar-refractivity contribution >= 4 is 35.2 Å². The fourth-order valence-electron chi connectivity index (χ4n) is 6.66. The Hall–Kier alpha value is -2.98. The molecule has 0 fully saturated rings. The van der Waals surface area contributed by atoms with E-state index in [2.05, 4.69) is 47.9 Å². The highest BCUT2D eigenvalue weighted by Crippen LogP contribution is 2.12. The zero-order valence-corrected chi connectivity index (χ0v) is 35.4. The van der Waals surface area contributed by atoms with E-state index in [1.165, 1.54) is 13.8 Å². The van der Waals surface area contributed by atoms with E-state index in [1.54, 1.807) is 0 Å². The zero-order valence-electron chi connectivity index (χ0n) is 35.4. The van der Waals surface area contributed by atoms with Gasteiger partial charge in [-0.25, -0.2) is 0 Å². The summed E-state index contributed by atoms with van der Waals surface area (Å²) >= 11 is 0. The Morgan fingerprint density at radius 1 is 0.364 bits per heavy atom. The van der Waals surface area contributed by atoms with Gasteiger partial charge in [0.05, 0.1) is 0 Å². The molecule has 5 unspecified atom stereocenters. The highest BCUT2D eigenvalue weighted by atomic mass is 16.2. The molecule has 4 amide bonds. The van der Waals surface area contributed by atoms with E-state index in [1.807, 2.05) is 35.2 Å². The van der Waals surface area contributed by atoms with Crippen molar-refractivity contribution in [3.63, 3.8) is 0 Å². The lowest BCUT2D eigenvalue weighted by Gasteiger charge is -2.24. The van der Waals surface area contributed by atoms with E-state index in [-0.39, 0.29) is 85.4 Å². The minimum absolute atomic E-state index is 0.000100. The minimum Gasteiger partial charge on any atom is -0.356 e. The predicted octanol–water partition coefficient (Wildman–Crippen LogP) is 1.59. The highest BCUT2D eigenvalue weighted by Gasteiger charge is 2.24. The van der Waals surface area contributed by atoms with Crippen LogP contribution < -0.4 is 47.9 Å². The van der Waals surface area contributed by atoms with Crippen molar-refractivity contribution in [3.05, 3.63) is 0 Å². The Bertz CT molecular complexity index is 1080. The molecule has 0 aliphatic heterocycles. The Labute approximate surface area is 332 Å². The first kappa shape index (κ1) is 52.0. The quantitative estimate of drug-likeness (QED) is 0.0414. The number of rotatable bonds is 37. The van der Waals surface area contributed by atoms with Crippen molar-refractivity contribution in [1.29, 1.82) is 0 Å². The van der Waals surface area contributed by atoms with E-state index in [0.29, 0.717) is 38.6 Å². The molecule has 15 heteroatoms. The van der Waals surface area contributed by atoms with Gasteiger partial charge in [0.2, 0.25) is 23.6 Å². The second kappa shape index (κ2) is 34.3. The van der Waals surface area contributed by atoms with Crippen LogP contribution in [0, 0.1) is 0 Å². The first-order valence-corrected chi connectivity index (χ1v) is 20.8. The number of Topliss-reactive ketones (excluding diaryl/α,β-unsaturated/α-hetero) is 2. The maximum absolute atomic E-state index is 13.4. The Kier molecular flexibility index (Phi) is 32.4. The lowest BCUT2D eigenvalue weighted by molar-refractivity contribution is -0.125. The van der Waals surface area contributed by atoms with Crippen molar-refractivity contribution in [3.8, 4) is 0 Å². The normalized spacial score (nSPS) is 13.9. The number of ketones is 2. The molecule has 0 aromatic carbocycles. The number of nitrogens with one attached hydrogen (secondary N) is 9. The third kappa shape index (κ3) is 30.9. The fraction of sp³-hybridized carbons (Fsp3) is 0.850. The number of hydrogen-bond acceptors (Lipinski definition) is 11. The third-order valence-electron chi connectivity index (χ3n) is 9.70. The second-order valence-corrected chi connectivity index (χ2v) is 15.0. The van der Waals surface area contributed by atoms with Crippen LogP contribution in [0.1, 0.15) is 129 Å². The molecular weight excluding hydrogens is 702 g/mol. The molecule has 0 aromatic rings. The number of carbonyl (C=O) groups is 6. The van der Waals surface area contributed by atoms with Gasteiger partial charge in [-0.1, -0.05) is 19.3 Å². The van der Waals surface area contributed by atoms with Crippen molar-refractivity contribution in [2.45, 2.75) is 160 Å². The molecule has 55 heavy (non-hydrogen) atoms. The summed E-state index contributed by atoms with van der Waals surface area (Å²) in [7, 11) is 9.44. The van der Waals surface area contributed by atoms with E-state index in [4.69, 9.17) is 0 Å². The van der Waals surface area contributed by atoms with E-state index in [0.717, 1.165) is 71.0 Å². The second-order valence-electron chi connectivity index (χ2n) is 15.0. The molecule has 320 valence electrons. The van der Waals surface area contributed by atoms with Gasteiger partial charge < -0.3 is 47.9 Å². The molecule has 0 rings (SSSR count). The third-order valence-corrected chi connectivity index (χ3v) is 9.70. The molecule has 9 N–H and O–H groups in total. The summed E-state index contributed by atoms with van der Waals surface area (Å²) in [5, 5.41) is 27.7. The molecule has 0 aliphatic carbocycles. The van der Waals surface area contributed by atoms with Crippen molar-refractivity contribution in [1.82, 2.24) is 47.9 Å². The molecule has 15 nitrogen and oxygen atoms in total. The minimum atomic E-state index is -0.727. The van der Waals surface area contributed by atoms with Gasteiger partial charge >= 0.3 is 0 Å². The Balaban J connectivity index is 5.45. The van der Waals surface area contributed by atoms with Gasteiger partial charge in [0.15, 0.2) is 0 Å². The summed E-state index contributed by atoms with van der Waals surface area (Å²) < 4.78 is 0. The maximum Gasteiger partial charge on any atom is 0.222 e. The first-order chi connectivity index (χ1) is 26.4. The van der Waals surface area contributed by atoms with Gasteiger partial charge in [-0.15, -0.1) is 0 Å². The summed E-state index contributed by atoms with van der Waals surface area (Å²) in [6.07, 6.45) is 10.9. The van der Waals surface area contributed by atoms with Crippen LogP contribution in [0.5, 0.6) is 0 Å². The van der Waals surface area contributed by atoms with Crippen LogP contribution in [-0.2, 0) is 28.8 Å². The first-order valence-electron chi connectivity index (χ1n) is 20.8. The van der Waals surface area contributed by atoms with Crippen LogP contribution in [0.15, 0.2) is 0 Å². The number of carbonyl (C=O) groups excluding carboxylic acids is 6. The molecule has 0 saturated heterocycles. The summed E-state index contributed by atoms with van der Waals surface area (Å²) in [5.41, 5.74) is 0. The SMILES string of the molecule is CNCCCCC(CC(=O)NCCCCC(CC(=O)NC(CC(C)=O)CC(=O)NC(CCCCNC)CC(C)=O)NC(=O)CC(CCCCNC)NC)NC. The van der Waals surface area contributed by atoms with E-state index >= 15 is 0 Å². The number of unbranched alkanes of at least 4 members (excludes halogenated alkanes) is 4. The molecule has 0 aromatic heterocycles. The Morgan fingerprint density at radius 2 is 0.673 bits per heavy atom. The van der Waals surface area contributed by atoms with Crippen LogP contribution in [0.4, 0.5) is 0 Å². The molecular formula is C40H79N9O6. The smallest absolute Gasteiger partial charge is 0.222 e. The molecule has 0 heterocycles. The van der Waals surface area contributed by atoms with Gasteiger partial charge in [-0.3, -0.25) is 28.8 Å². The largest absolute Gasteiger partial charge is 0.356 e. The van der Waals surface area contributed by atoms with Gasteiger partial charge in [0.25, 0.3) is 0 Å². The molecule has 0 saturated carbocycles. The Morgan fingerprint density at radius 3 is 1.07 bits per heavy atom. The van der Waals surface area contributed by atoms with Gasteiger partial charge in [0, 0.05) is 75.3 Å². The highest BCUT2D eigenvalue weighted by molar-refractivity contribution is 5.84. The van der Waals surface area contributed by atoms with Gasteiger partial charge in [-0.2, -0.15) is 0 Å². The molecule has 0 bridgehead atoms. The van der Waals surface area contributed by atoms with Crippen molar-refractivity contribution in [2.75, 3.05) is 61.4 Å². The van der Waals surface area contributed by atoms with Crippen molar-refractivity contribution < 1.29 is 28.8 Å². The van der Waals surface area contributed by atoms with E-state index in [9.17, 15) is 28.8 Å². The topological polar surface area (TPSA) is 211 Å². The summed E-state index contributed by atoms with van der Waals surface area (Å²) in [6.45, 7) is 6.11. The lowest BCUT2D eigenvalue weighted by atomic mass is 10.0. The van der Waals surface area contributed by atoms with Crippen LogP contribution in [0.25, 0.3) is 0 Å². The standard InChI is InChI=1S/C40H79N9O6/c1-30(50)24-34(18-10-14-22-43-5)47-40(55)29-36(25-31(2)51)49-39(54)28-35(48-38(53)27-33(45-7)17-9-13-21-42-4)19-11-15-23-46-37(52)26-32(44-6)16-8-12-20-41-3/h32-36,41-45H,8-29H2,1-7H3,(H,46,52)(H,47,55)(H,48,53)(H,49,54). The predicted molar refractivity (Wildman–Crippen MR) is 221 cm³/mol. The van der Waals surface area contributed by atoms with E-state index < -0.39 is 12.1 Å². The average molecular weight is 782 g/mol. The van der Waals surface area contributed by atoms with Gasteiger partial charge in [-0.05, 0) is 127 Å². The molecule has 0 radical (unpaired) electrons. The van der Waals surface area contributed by atoms with Crippen LogP contribution in [0.3, 0.4) is 0 Å². The average Bonchev–Trinajstić information content (AvgIpc) is 3.11. The van der Waals surface area contributed by atoms with Gasteiger partial charge in [0.1, 0.15) is 11.6 Å². The molecule has 5 atom stereocenters. The number of hydrogen-bond donors (Lipinski definition) is 9. The van der Waals surface area contributed by atoms with Crippen LogP contribution in [0.2, 0.25) is 0 Å². The lowest BCUT2D eigenvalue weighted by Crippen LogP contribution is -2.46. The van der Waals surface area contributed by atoms with Crippen LogP contribution >= 0.6 is 0 Å². The zero-order chi connectivity index (χ0) is 41.3. The maximum atomic E-state index is 13.4. The number of amides is 4. The summed E-state index contributed by atoms with van der Waals surface area (Å²) in [6, 6.07) is -1.40. The fourth-order valence-corrected chi connectivity index (χ4v) is 6.66.